The Balaban J connectivity index is 1.68. The van der Waals surface area contributed by atoms with E-state index in [9.17, 15) is 8.42 Å². The van der Waals surface area contributed by atoms with Crippen molar-refractivity contribution in [2.24, 2.45) is 17.8 Å². The van der Waals surface area contributed by atoms with Crippen LogP contribution < -0.4 is 15.8 Å². The lowest BCUT2D eigenvalue weighted by atomic mass is 9.98. The van der Waals surface area contributed by atoms with E-state index in [1.165, 1.54) is 38.8 Å². The molecule has 2 aliphatic rings. The summed E-state index contributed by atoms with van der Waals surface area (Å²) in [6.07, 6.45) is 5.44. The second kappa shape index (κ2) is 5.50. The predicted molar refractivity (Wildman–Crippen MR) is 84.5 cm³/mol. The molecule has 0 saturated heterocycles. The molecule has 0 aliphatic heterocycles. The summed E-state index contributed by atoms with van der Waals surface area (Å²) in [4.78, 5) is 0.203. The number of hydrogen-bond acceptors (Lipinski definition) is 4. The molecule has 4 N–H and O–H groups in total. The van der Waals surface area contributed by atoms with Gasteiger partial charge < -0.3 is 11.1 Å². The molecule has 0 aromatic heterocycles. The molecular weight excluding hydrogens is 286 g/mol. The Hall–Kier alpha value is -1.27. The molecule has 2 saturated carbocycles. The van der Waals surface area contributed by atoms with Crippen LogP contribution in [-0.4, -0.2) is 22.0 Å². The molecule has 0 amide bonds. The van der Waals surface area contributed by atoms with Gasteiger partial charge in [0.25, 0.3) is 0 Å². The molecule has 0 spiro atoms. The molecule has 2 aliphatic carbocycles. The van der Waals surface area contributed by atoms with Gasteiger partial charge >= 0.3 is 0 Å². The number of benzene rings is 1. The van der Waals surface area contributed by atoms with Gasteiger partial charge in [0.2, 0.25) is 10.0 Å². The zero-order chi connectivity index (χ0) is 15.0. The molecule has 2 fully saturated rings. The number of rotatable bonds is 7. The van der Waals surface area contributed by atoms with Crippen molar-refractivity contribution >= 4 is 21.4 Å². The minimum atomic E-state index is -3.43. The largest absolute Gasteiger partial charge is 0.397 e. The van der Waals surface area contributed by atoms with E-state index in [0.717, 1.165) is 30.0 Å². The fraction of sp³-hybridized carbons (Fsp3) is 0.600. The summed E-state index contributed by atoms with van der Waals surface area (Å²) in [7, 11) is -2.04. The van der Waals surface area contributed by atoms with E-state index in [2.05, 4.69) is 10.0 Å². The summed E-state index contributed by atoms with van der Waals surface area (Å²) in [6, 6.07) is 4.86. The van der Waals surface area contributed by atoms with Gasteiger partial charge in [-0.2, -0.15) is 0 Å². The Morgan fingerprint density at radius 1 is 1.24 bits per heavy atom. The maximum Gasteiger partial charge on any atom is 0.240 e. The molecule has 0 radical (unpaired) electrons. The Kier molecular flexibility index (Phi) is 3.84. The first kappa shape index (κ1) is 14.7. The van der Waals surface area contributed by atoms with E-state index < -0.39 is 10.0 Å². The van der Waals surface area contributed by atoms with Crippen LogP contribution in [0.15, 0.2) is 23.1 Å². The molecule has 1 aromatic rings. The Morgan fingerprint density at radius 3 is 2.33 bits per heavy atom. The smallest absolute Gasteiger partial charge is 0.240 e. The van der Waals surface area contributed by atoms with E-state index in [1.54, 1.807) is 12.1 Å². The normalized spacial score (nSPS) is 19.0. The summed E-state index contributed by atoms with van der Waals surface area (Å²) in [5.74, 6) is 2.52. The molecule has 21 heavy (non-hydrogen) atoms. The van der Waals surface area contributed by atoms with Crippen LogP contribution in [0.5, 0.6) is 0 Å². The van der Waals surface area contributed by atoms with Crippen LogP contribution in [0.25, 0.3) is 0 Å². The lowest BCUT2D eigenvalue weighted by Crippen LogP contribution is -2.20. The Morgan fingerprint density at radius 2 is 1.86 bits per heavy atom. The maximum absolute atomic E-state index is 11.7. The van der Waals surface area contributed by atoms with E-state index in [-0.39, 0.29) is 4.90 Å². The van der Waals surface area contributed by atoms with Gasteiger partial charge in [0.1, 0.15) is 0 Å². The van der Waals surface area contributed by atoms with E-state index >= 15 is 0 Å². The minimum Gasteiger partial charge on any atom is -0.397 e. The molecule has 116 valence electrons. The quantitative estimate of drug-likeness (QED) is 0.673. The molecule has 3 rings (SSSR count). The topological polar surface area (TPSA) is 84.2 Å². The average molecular weight is 309 g/mol. The van der Waals surface area contributed by atoms with Crippen molar-refractivity contribution < 1.29 is 8.42 Å². The van der Waals surface area contributed by atoms with Crippen LogP contribution in [0.2, 0.25) is 0 Å². The standard InChI is InChI=1S/C15H23N3O2S/c1-17-21(19,20)12-6-7-15(14(16)8-12)18-9-13(10-2-3-10)11-4-5-11/h6-8,10-11,13,17-18H,2-5,9,16H2,1H3. The highest BCUT2D eigenvalue weighted by Crippen LogP contribution is 2.49. The zero-order valence-electron chi connectivity index (χ0n) is 12.3. The lowest BCUT2D eigenvalue weighted by Gasteiger charge is -2.18. The van der Waals surface area contributed by atoms with Crippen molar-refractivity contribution in [3.8, 4) is 0 Å². The second-order valence-electron chi connectivity index (χ2n) is 6.18. The van der Waals surface area contributed by atoms with Crippen LogP contribution in [0.4, 0.5) is 11.4 Å². The third-order valence-electron chi connectivity index (χ3n) is 4.59. The number of nitrogens with one attached hydrogen (secondary N) is 2. The van der Waals surface area contributed by atoms with Crippen molar-refractivity contribution in [2.45, 2.75) is 30.6 Å². The summed E-state index contributed by atoms with van der Waals surface area (Å²) >= 11 is 0. The SMILES string of the molecule is CNS(=O)(=O)c1ccc(NCC(C2CC2)C2CC2)c(N)c1. The number of nitrogens with two attached hydrogens (primary N) is 1. The number of hydrogen-bond donors (Lipinski definition) is 3. The van der Waals surface area contributed by atoms with E-state index in [0.29, 0.717) is 5.69 Å². The van der Waals surface area contributed by atoms with Gasteiger partial charge in [-0.25, -0.2) is 13.1 Å². The molecule has 0 bridgehead atoms. The van der Waals surface area contributed by atoms with Crippen molar-refractivity contribution in [1.82, 2.24) is 4.72 Å². The van der Waals surface area contributed by atoms with Crippen LogP contribution in [0, 0.1) is 17.8 Å². The molecule has 1 aromatic carbocycles. The molecular formula is C15H23N3O2S. The van der Waals surface area contributed by atoms with Crippen LogP contribution in [-0.2, 0) is 10.0 Å². The predicted octanol–water partition coefficient (Wildman–Crippen LogP) is 2.02. The van der Waals surface area contributed by atoms with Crippen molar-refractivity contribution in [2.75, 3.05) is 24.6 Å². The van der Waals surface area contributed by atoms with Gasteiger partial charge in [-0.05, 0) is 68.7 Å². The van der Waals surface area contributed by atoms with Crippen molar-refractivity contribution in [3.05, 3.63) is 18.2 Å². The van der Waals surface area contributed by atoms with Crippen LogP contribution in [0.1, 0.15) is 25.7 Å². The highest BCUT2D eigenvalue weighted by atomic mass is 32.2. The van der Waals surface area contributed by atoms with E-state index in [1.807, 2.05) is 0 Å². The molecule has 0 unspecified atom stereocenters. The lowest BCUT2D eigenvalue weighted by molar-refractivity contribution is 0.428. The maximum atomic E-state index is 11.7. The summed E-state index contributed by atoms with van der Waals surface area (Å²) in [6.45, 7) is 0.942. The average Bonchev–Trinajstić information content (AvgIpc) is 3.34. The van der Waals surface area contributed by atoms with Gasteiger partial charge in [-0.3, -0.25) is 0 Å². The fourth-order valence-corrected chi connectivity index (χ4v) is 3.75. The first-order chi connectivity index (χ1) is 10.0. The van der Waals surface area contributed by atoms with Gasteiger partial charge in [0.05, 0.1) is 16.3 Å². The number of sulfonamides is 1. The summed E-state index contributed by atoms with van der Waals surface area (Å²) in [5, 5.41) is 3.41. The van der Waals surface area contributed by atoms with E-state index in [4.69, 9.17) is 5.73 Å². The number of nitrogen functional groups attached to an aromatic ring is 1. The number of anilines is 2. The van der Waals surface area contributed by atoms with Gasteiger partial charge in [-0.15, -0.1) is 0 Å². The molecule has 5 nitrogen and oxygen atoms in total. The third-order valence-corrected chi connectivity index (χ3v) is 6.00. The third kappa shape index (κ3) is 3.32. The van der Waals surface area contributed by atoms with Crippen molar-refractivity contribution in [3.63, 3.8) is 0 Å². The van der Waals surface area contributed by atoms with Crippen LogP contribution in [0.3, 0.4) is 0 Å². The second-order valence-corrected chi connectivity index (χ2v) is 8.06. The van der Waals surface area contributed by atoms with Gasteiger partial charge in [0.15, 0.2) is 0 Å². The van der Waals surface area contributed by atoms with Gasteiger partial charge in [0, 0.05) is 6.54 Å². The molecule has 0 heterocycles. The Labute approximate surface area is 126 Å². The molecule has 0 atom stereocenters. The monoisotopic (exact) mass is 309 g/mol. The highest BCUT2D eigenvalue weighted by Gasteiger charge is 2.41. The highest BCUT2D eigenvalue weighted by molar-refractivity contribution is 7.89. The summed E-state index contributed by atoms with van der Waals surface area (Å²) in [5.41, 5.74) is 7.30. The summed E-state index contributed by atoms with van der Waals surface area (Å²) < 4.78 is 25.8. The first-order valence-electron chi connectivity index (χ1n) is 7.58. The van der Waals surface area contributed by atoms with Crippen molar-refractivity contribution in [1.29, 1.82) is 0 Å². The van der Waals surface area contributed by atoms with Gasteiger partial charge in [-0.1, -0.05) is 0 Å². The zero-order valence-corrected chi connectivity index (χ0v) is 13.1. The molecule has 6 heteroatoms. The Bertz CT molecular complexity index is 610. The first-order valence-corrected chi connectivity index (χ1v) is 9.06. The minimum absolute atomic E-state index is 0.203. The van der Waals surface area contributed by atoms with Crippen LogP contribution >= 0.6 is 0 Å². The fourth-order valence-electron chi connectivity index (χ4n) is 2.98.